The van der Waals surface area contributed by atoms with E-state index in [4.69, 9.17) is 5.11 Å². The van der Waals surface area contributed by atoms with Crippen molar-refractivity contribution in [2.24, 2.45) is 5.92 Å². The van der Waals surface area contributed by atoms with Crippen LogP contribution < -0.4 is 5.32 Å². The van der Waals surface area contributed by atoms with Crippen LogP contribution in [0.4, 0.5) is 13.2 Å². The molecule has 108 valence electrons. The first-order valence-electron chi connectivity index (χ1n) is 5.91. The molecular weight excluding hydrogens is 251 g/mol. The number of hydrogen-bond donors (Lipinski definition) is 2. The highest BCUT2D eigenvalue weighted by Gasteiger charge is 2.27. The summed E-state index contributed by atoms with van der Waals surface area (Å²) in [6.45, 7) is 0.849. The van der Waals surface area contributed by atoms with Gasteiger partial charge in [-0.15, -0.1) is 0 Å². The van der Waals surface area contributed by atoms with Crippen LogP contribution in [0.15, 0.2) is 0 Å². The Morgan fingerprint density at radius 2 is 2.11 bits per heavy atom. The molecule has 0 aromatic heterocycles. The van der Waals surface area contributed by atoms with E-state index in [9.17, 15) is 18.0 Å². The molecule has 1 atom stereocenters. The van der Waals surface area contributed by atoms with Gasteiger partial charge < -0.3 is 15.2 Å². The number of hydrogen-bond acceptors (Lipinski definition) is 3. The molecule has 0 bridgehead atoms. The van der Waals surface area contributed by atoms with Crippen LogP contribution in [0.1, 0.15) is 26.2 Å². The average molecular weight is 271 g/mol. The zero-order valence-corrected chi connectivity index (χ0v) is 10.4. The van der Waals surface area contributed by atoms with Crippen molar-refractivity contribution >= 4 is 5.91 Å². The van der Waals surface area contributed by atoms with Gasteiger partial charge in [0.1, 0.15) is 6.61 Å². The van der Waals surface area contributed by atoms with E-state index in [1.165, 1.54) is 0 Å². The number of carbonyl (C=O) groups excluding carboxylic acids is 1. The fraction of sp³-hybridized carbons (Fsp3) is 0.909. The third-order valence-corrected chi connectivity index (χ3v) is 2.44. The van der Waals surface area contributed by atoms with Gasteiger partial charge in [0.25, 0.3) is 0 Å². The number of aliphatic hydroxyl groups is 1. The average Bonchev–Trinajstić information content (AvgIpc) is 2.29. The Morgan fingerprint density at radius 3 is 2.61 bits per heavy atom. The zero-order chi connectivity index (χ0) is 14.0. The predicted octanol–water partition coefficient (Wildman–Crippen LogP) is 1.48. The van der Waals surface area contributed by atoms with E-state index >= 15 is 0 Å². The SMILES string of the molecule is CCC(CCO)CNC(=O)CCOCC(F)(F)F. The molecule has 0 aliphatic carbocycles. The maximum absolute atomic E-state index is 11.7. The molecule has 0 aliphatic heterocycles. The van der Waals surface area contributed by atoms with Crippen molar-refractivity contribution in [3.63, 3.8) is 0 Å². The van der Waals surface area contributed by atoms with Crippen LogP contribution in [0.25, 0.3) is 0 Å². The van der Waals surface area contributed by atoms with Crippen LogP contribution >= 0.6 is 0 Å². The van der Waals surface area contributed by atoms with Crippen molar-refractivity contribution in [2.45, 2.75) is 32.4 Å². The summed E-state index contributed by atoms with van der Waals surface area (Å²) in [4.78, 5) is 11.3. The van der Waals surface area contributed by atoms with Crippen molar-refractivity contribution in [1.29, 1.82) is 0 Å². The van der Waals surface area contributed by atoms with Gasteiger partial charge in [0.15, 0.2) is 0 Å². The minimum Gasteiger partial charge on any atom is -0.396 e. The molecule has 0 aromatic carbocycles. The van der Waals surface area contributed by atoms with Crippen molar-refractivity contribution in [3.8, 4) is 0 Å². The van der Waals surface area contributed by atoms with Crippen LogP contribution in [0, 0.1) is 5.92 Å². The Morgan fingerprint density at radius 1 is 1.44 bits per heavy atom. The number of nitrogens with one attached hydrogen (secondary N) is 1. The Bertz CT molecular complexity index is 234. The van der Waals surface area contributed by atoms with Crippen molar-refractivity contribution in [2.75, 3.05) is 26.4 Å². The molecule has 0 radical (unpaired) electrons. The predicted molar refractivity (Wildman–Crippen MR) is 60.0 cm³/mol. The lowest BCUT2D eigenvalue weighted by atomic mass is 10.0. The Labute approximate surface area is 105 Å². The standard InChI is InChI=1S/C11H20F3NO3/c1-2-9(3-5-16)7-15-10(17)4-6-18-8-11(12,13)14/h9,16H,2-8H2,1H3,(H,15,17). The van der Waals surface area contributed by atoms with Gasteiger partial charge in [-0.25, -0.2) is 0 Å². The quantitative estimate of drug-likeness (QED) is 0.624. The van der Waals surface area contributed by atoms with Gasteiger partial charge in [0.05, 0.1) is 6.61 Å². The number of alkyl halides is 3. The van der Waals surface area contributed by atoms with Crippen LogP contribution in [0.5, 0.6) is 0 Å². The van der Waals surface area contributed by atoms with Crippen LogP contribution in [0.2, 0.25) is 0 Å². The van der Waals surface area contributed by atoms with E-state index in [2.05, 4.69) is 10.1 Å². The maximum Gasteiger partial charge on any atom is 0.411 e. The third kappa shape index (κ3) is 10.3. The van der Waals surface area contributed by atoms with Crippen LogP contribution in [-0.4, -0.2) is 43.6 Å². The van der Waals surface area contributed by atoms with Gasteiger partial charge in [-0.2, -0.15) is 13.2 Å². The van der Waals surface area contributed by atoms with Crippen LogP contribution in [0.3, 0.4) is 0 Å². The highest BCUT2D eigenvalue weighted by Crippen LogP contribution is 2.14. The van der Waals surface area contributed by atoms with Gasteiger partial charge in [-0.3, -0.25) is 4.79 Å². The lowest BCUT2D eigenvalue weighted by molar-refractivity contribution is -0.174. The maximum atomic E-state index is 11.7. The summed E-state index contributed by atoms with van der Waals surface area (Å²) in [6.07, 6.45) is -3.02. The number of aliphatic hydroxyl groups excluding tert-OH is 1. The van der Waals surface area contributed by atoms with E-state index in [0.29, 0.717) is 13.0 Å². The van der Waals surface area contributed by atoms with Crippen molar-refractivity contribution < 1.29 is 27.8 Å². The first-order chi connectivity index (χ1) is 8.39. The number of rotatable bonds is 9. The molecule has 0 heterocycles. The molecule has 0 saturated heterocycles. The lowest BCUT2D eigenvalue weighted by Crippen LogP contribution is -2.30. The molecule has 0 fully saturated rings. The van der Waals surface area contributed by atoms with E-state index in [1.807, 2.05) is 6.92 Å². The molecule has 0 aliphatic rings. The highest BCUT2D eigenvalue weighted by atomic mass is 19.4. The molecule has 18 heavy (non-hydrogen) atoms. The molecule has 7 heteroatoms. The van der Waals surface area contributed by atoms with Gasteiger partial charge in [0.2, 0.25) is 5.91 Å². The van der Waals surface area contributed by atoms with E-state index in [-0.39, 0.29) is 31.5 Å². The first-order valence-corrected chi connectivity index (χ1v) is 5.91. The smallest absolute Gasteiger partial charge is 0.396 e. The molecule has 1 unspecified atom stereocenters. The second kappa shape index (κ2) is 9.16. The number of halogens is 3. The van der Waals surface area contributed by atoms with E-state index < -0.39 is 12.8 Å². The van der Waals surface area contributed by atoms with Gasteiger partial charge >= 0.3 is 6.18 Å². The van der Waals surface area contributed by atoms with Crippen LogP contribution in [-0.2, 0) is 9.53 Å². The fourth-order valence-corrected chi connectivity index (χ4v) is 1.33. The molecule has 4 nitrogen and oxygen atoms in total. The minimum absolute atomic E-state index is 0.0586. The van der Waals surface area contributed by atoms with Gasteiger partial charge in [-0.1, -0.05) is 13.3 Å². The Kier molecular flexibility index (Phi) is 8.74. The summed E-state index contributed by atoms with van der Waals surface area (Å²) in [5, 5.41) is 11.3. The second-order valence-corrected chi connectivity index (χ2v) is 4.01. The lowest BCUT2D eigenvalue weighted by Gasteiger charge is -2.14. The molecule has 0 rings (SSSR count). The first kappa shape index (κ1) is 17.2. The summed E-state index contributed by atoms with van der Waals surface area (Å²) in [7, 11) is 0. The normalized spacial score (nSPS) is 13.4. The topological polar surface area (TPSA) is 58.6 Å². The molecule has 1 amide bonds. The summed E-state index contributed by atoms with van der Waals surface area (Å²) in [5.74, 6) is -0.149. The molecule has 0 spiro atoms. The summed E-state index contributed by atoms with van der Waals surface area (Å²) >= 11 is 0. The van der Waals surface area contributed by atoms with Gasteiger partial charge in [0, 0.05) is 19.6 Å². The Balaban J connectivity index is 3.59. The fourth-order valence-electron chi connectivity index (χ4n) is 1.33. The van der Waals surface area contributed by atoms with E-state index in [1.54, 1.807) is 0 Å². The van der Waals surface area contributed by atoms with Crippen molar-refractivity contribution in [1.82, 2.24) is 5.32 Å². The number of carbonyl (C=O) groups is 1. The second-order valence-electron chi connectivity index (χ2n) is 4.01. The number of ether oxygens (including phenoxy) is 1. The van der Waals surface area contributed by atoms with E-state index in [0.717, 1.165) is 6.42 Å². The monoisotopic (exact) mass is 271 g/mol. The summed E-state index contributed by atoms with van der Waals surface area (Å²) in [6, 6.07) is 0. The molecule has 0 aromatic rings. The van der Waals surface area contributed by atoms with Gasteiger partial charge in [-0.05, 0) is 12.3 Å². The largest absolute Gasteiger partial charge is 0.411 e. The van der Waals surface area contributed by atoms with Crippen molar-refractivity contribution in [3.05, 3.63) is 0 Å². The molecule has 0 saturated carbocycles. The summed E-state index contributed by atoms with van der Waals surface area (Å²) < 4.78 is 39.5. The minimum atomic E-state index is -4.36. The molecular formula is C11H20F3NO3. The highest BCUT2D eigenvalue weighted by molar-refractivity contribution is 5.75. The summed E-state index contributed by atoms with van der Waals surface area (Å²) in [5.41, 5.74) is 0. The number of amides is 1. The molecule has 2 N–H and O–H groups in total. The zero-order valence-electron chi connectivity index (χ0n) is 10.4. The third-order valence-electron chi connectivity index (χ3n) is 2.44. The Hall–Kier alpha value is -0.820.